The summed E-state index contributed by atoms with van der Waals surface area (Å²) in [4.78, 5) is 116. The fourth-order valence-electron chi connectivity index (χ4n) is 11.8. The third-order valence-corrected chi connectivity index (χ3v) is 17.3. The second-order valence-corrected chi connectivity index (χ2v) is 24.3. The molecule has 4 aliphatic heterocycles. The number of hydrogen-bond donors (Lipinski definition) is 25. The molecule has 12 rings (SSSR count). The van der Waals surface area contributed by atoms with Crippen LogP contribution in [0, 0.1) is 0 Å². The minimum absolute atomic E-state index is 0.138. The SMILES string of the molecule is O=C(OC[C@@H]1O[C@@H](OC(=O)c2cc(O)c(O)c(O)c2)[C@@H]2OC(=O)c3cc(O)c(O)c(O)c3-c3c(cc(O)c(O)c3O)C(=O)O[C@H]2[C@H]1OC(=O)c1cc(O)c(O)c(O)c1Oc1cc2c(c(O)c1O)-c1c(cc(O)c(O)c1O)C(=O)O[C@@H]1[C@@H](O)[C@H](O)[C@@H](OC(=O)c3cc(O)c(O)c(O)c3)O[C@@H]1COC2=O)c1cc(O)c(O)c(O)c1. The van der Waals surface area contributed by atoms with E-state index in [0.29, 0.717) is 42.5 Å². The Balaban J connectivity index is 0.987. The van der Waals surface area contributed by atoms with Gasteiger partial charge in [-0.15, -0.1) is 0 Å². The van der Waals surface area contributed by atoms with Gasteiger partial charge in [-0.3, -0.25) is 0 Å². The van der Waals surface area contributed by atoms with Gasteiger partial charge in [-0.2, -0.15) is 0 Å². The number of aliphatic hydroxyl groups is 2. The van der Waals surface area contributed by atoms with Crippen molar-refractivity contribution in [3.8, 4) is 166 Å². The van der Waals surface area contributed by atoms with Gasteiger partial charge in [-0.05, 0) is 54.6 Å². The number of fused-ring (bicyclic) bond motifs is 8. The Labute approximate surface area is 616 Å². The van der Waals surface area contributed by atoms with Crippen LogP contribution in [0.15, 0.2) is 66.7 Å². The second kappa shape index (κ2) is 28.4. The van der Waals surface area contributed by atoms with Crippen molar-refractivity contribution < 1.29 is 218 Å². The standard InChI is InChI=1S/C68H50O44/c69-22-1-14(2-23(70)39(22)79)59(94)102-13-34-56(57-58(68(106-34)112-61(96)16-5-26(73)41(81)27(74)6-16)110-65(100)19-9-30(77)43(83)48(88)36(19)35-18(64(99)109-57)8-29(76)42(82)47(35)87)108-66(101)21-10-31(78)45(85)51(91)54(21)104-32-11-20-38(50(90)46(32)86)37-17(7-28(75)44(84)49(37)89)63(98)107-55-33(12-103-62(20)97)105-67(53(93)52(55)92)111-60(95)15-3-24(71)40(80)25(72)4-15/h1-11,33-34,52-53,55-58,67-93H,12-13H2/t33-,34+,52+,53+,55+,56+,57+,58-,67-,68+/m1/s1. The highest BCUT2D eigenvalue weighted by Gasteiger charge is 2.57. The number of phenolic OH excluding ortho intramolecular Hbond substituents is 23. The van der Waals surface area contributed by atoms with Gasteiger partial charge < -0.3 is 180 Å². The van der Waals surface area contributed by atoms with E-state index >= 15 is 9.59 Å². The summed E-state index contributed by atoms with van der Waals surface area (Å²) in [5.41, 5.74) is -14.4. The summed E-state index contributed by atoms with van der Waals surface area (Å²) in [6.45, 7) is -2.92. The number of esters is 8. The average Bonchev–Trinajstić information content (AvgIpc) is 0.921. The molecule has 0 aromatic heterocycles. The summed E-state index contributed by atoms with van der Waals surface area (Å²) < 4.78 is 61.4. The first-order valence-corrected chi connectivity index (χ1v) is 31.1. The fourth-order valence-corrected chi connectivity index (χ4v) is 11.8. The van der Waals surface area contributed by atoms with Gasteiger partial charge in [-0.1, -0.05) is 0 Å². The lowest BCUT2D eigenvalue weighted by Gasteiger charge is -2.44. The van der Waals surface area contributed by atoms with Crippen molar-refractivity contribution in [2.24, 2.45) is 0 Å². The molecule has 44 nitrogen and oxygen atoms in total. The predicted molar refractivity (Wildman–Crippen MR) is 345 cm³/mol. The van der Waals surface area contributed by atoms with E-state index in [1.54, 1.807) is 0 Å². The zero-order valence-corrected chi connectivity index (χ0v) is 55.0. The summed E-state index contributed by atoms with van der Waals surface area (Å²) in [6.07, 6.45) is -26.0. The predicted octanol–water partition coefficient (Wildman–Crippen LogP) is 1.77. The number of rotatable bonds is 11. The molecule has 2 fully saturated rings. The molecule has 0 amide bonds. The first-order valence-electron chi connectivity index (χ1n) is 31.1. The van der Waals surface area contributed by atoms with Crippen molar-refractivity contribution in [2.75, 3.05) is 13.2 Å². The number of carbonyl (C=O) groups is 8. The number of ether oxygens (including phenoxy) is 11. The molecule has 0 saturated carbocycles. The normalized spacial score (nSPS) is 20.6. The molecule has 8 aromatic carbocycles. The van der Waals surface area contributed by atoms with Crippen LogP contribution in [0.5, 0.6) is 144 Å². The van der Waals surface area contributed by atoms with Crippen LogP contribution in [0.3, 0.4) is 0 Å². The number of carbonyl (C=O) groups excluding carboxylic acids is 8. The zero-order chi connectivity index (χ0) is 81.7. The molecule has 586 valence electrons. The van der Waals surface area contributed by atoms with Gasteiger partial charge in [0.2, 0.25) is 53.2 Å². The highest BCUT2D eigenvalue weighted by Crippen LogP contribution is 2.58. The van der Waals surface area contributed by atoms with E-state index in [9.17, 15) is 156 Å². The van der Waals surface area contributed by atoms with Crippen LogP contribution in [0.2, 0.25) is 0 Å². The third-order valence-electron chi connectivity index (χ3n) is 17.3. The molecule has 0 bridgehead atoms. The molecule has 44 heteroatoms. The Kier molecular flexibility index (Phi) is 19.3. The van der Waals surface area contributed by atoms with Gasteiger partial charge in [0.15, 0.2) is 128 Å². The van der Waals surface area contributed by atoms with E-state index in [-0.39, 0.29) is 24.3 Å². The van der Waals surface area contributed by atoms with E-state index in [1.807, 2.05) is 0 Å². The summed E-state index contributed by atoms with van der Waals surface area (Å²) in [6, 6.07) is 4.26. The molecule has 112 heavy (non-hydrogen) atoms. The molecular weight excluding hydrogens is 1520 g/mol. The summed E-state index contributed by atoms with van der Waals surface area (Å²) >= 11 is 0. The molecular formula is C68H50O44. The maximum Gasteiger partial charge on any atom is 0.342 e. The van der Waals surface area contributed by atoms with Crippen LogP contribution < -0.4 is 4.74 Å². The number of cyclic esters (lactones) is 1. The smallest absolute Gasteiger partial charge is 0.342 e. The first kappa shape index (κ1) is 76.2. The third kappa shape index (κ3) is 13.2. The van der Waals surface area contributed by atoms with Gasteiger partial charge in [0.25, 0.3) is 0 Å². The van der Waals surface area contributed by atoms with Gasteiger partial charge >= 0.3 is 47.8 Å². The van der Waals surface area contributed by atoms with Crippen LogP contribution in [0.1, 0.15) is 82.9 Å². The minimum Gasteiger partial charge on any atom is -0.504 e. The zero-order valence-electron chi connectivity index (χ0n) is 55.0. The highest BCUT2D eigenvalue weighted by molar-refractivity contribution is 6.10. The largest absolute Gasteiger partial charge is 0.504 e. The van der Waals surface area contributed by atoms with Crippen molar-refractivity contribution in [1.82, 2.24) is 0 Å². The lowest BCUT2D eigenvalue weighted by Crippen LogP contribution is -2.63. The van der Waals surface area contributed by atoms with Crippen molar-refractivity contribution in [3.05, 3.63) is 111 Å². The molecule has 2 saturated heterocycles. The second-order valence-electron chi connectivity index (χ2n) is 24.3. The van der Waals surface area contributed by atoms with E-state index < -0.39 is 333 Å². The molecule has 25 N–H and O–H groups in total. The summed E-state index contributed by atoms with van der Waals surface area (Å²) in [5, 5.41) is 271. The topological polar surface area (TPSA) is 744 Å². The van der Waals surface area contributed by atoms with Crippen LogP contribution in [-0.4, -0.2) is 250 Å². The summed E-state index contributed by atoms with van der Waals surface area (Å²) in [5.74, 6) is -51.1. The molecule has 8 aromatic rings. The van der Waals surface area contributed by atoms with Crippen molar-refractivity contribution >= 4 is 47.8 Å². The minimum atomic E-state index is -2.93. The van der Waals surface area contributed by atoms with Crippen molar-refractivity contribution in [2.45, 2.75) is 61.4 Å². The number of benzene rings is 8. The first-order chi connectivity index (χ1) is 52.7. The number of aromatic hydroxyl groups is 23. The van der Waals surface area contributed by atoms with E-state index in [2.05, 4.69) is 0 Å². The van der Waals surface area contributed by atoms with E-state index in [0.717, 1.165) is 0 Å². The van der Waals surface area contributed by atoms with Gasteiger partial charge in [-0.25, -0.2) is 38.4 Å². The van der Waals surface area contributed by atoms with Gasteiger partial charge in [0.1, 0.15) is 43.2 Å². The molecule has 4 heterocycles. The van der Waals surface area contributed by atoms with Gasteiger partial charge in [0, 0.05) is 34.4 Å². The maximum absolute atomic E-state index is 15.4. The lowest BCUT2D eigenvalue weighted by atomic mass is 9.91. The van der Waals surface area contributed by atoms with E-state index in [4.69, 9.17) is 52.1 Å². The van der Waals surface area contributed by atoms with Crippen LogP contribution in [-0.2, 0) is 47.4 Å². The molecule has 0 aliphatic carbocycles. The molecule has 0 spiro atoms. The van der Waals surface area contributed by atoms with Gasteiger partial charge in [0.05, 0.1) is 38.9 Å². The molecule has 0 radical (unpaired) electrons. The number of hydrogen-bond acceptors (Lipinski definition) is 44. The Morgan fingerprint density at radius 1 is 0.348 bits per heavy atom. The maximum atomic E-state index is 15.4. The number of aliphatic hydroxyl groups excluding tert-OH is 2. The fraction of sp³-hybridized carbons (Fsp3) is 0.176. The Morgan fingerprint density at radius 2 is 0.714 bits per heavy atom. The summed E-state index contributed by atoms with van der Waals surface area (Å²) in [7, 11) is 0. The van der Waals surface area contributed by atoms with Crippen LogP contribution >= 0.6 is 0 Å². The Morgan fingerprint density at radius 3 is 1.16 bits per heavy atom. The Bertz CT molecular complexity index is 5320. The van der Waals surface area contributed by atoms with Crippen LogP contribution in [0.4, 0.5) is 0 Å². The quantitative estimate of drug-likeness (QED) is 0.0498. The van der Waals surface area contributed by atoms with Crippen LogP contribution in [0.25, 0.3) is 22.3 Å². The monoisotopic (exact) mass is 1570 g/mol. The van der Waals surface area contributed by atoms with Crippen molar-refractivity contribution in [1.29, 1.82) is 0 Å². The lowest BCUT2D eigenvalue weighted by molar-refractivity contribution is -0.284. The van der Waals surface area contributed by atoms with Crippen molar-refractivity contribution in [3.63, 3.8) is 0 Å². The average molecular weight is 1570 g/mol. The molecule has 10 atom stereocenters. The number of phenols is 23. The molecule has 0 unspecified atom stereocenters. The highest BCUT2D eigenvalue weighted by atomic mass is 16.8. The molecule has 4 aliphatic rings. The van der Waals surface area contributed by atoms with E-state index in [1.165, 1.54) is 0 Å². The Hall–Kier alpha value is -15.4.